The van der Waals surface area contributed by atoms with Gasteiger partial charge in [-0.3, -0.25) is 16.3 Å². The standard InChI is InChI=1S/C17H23N3/c1-4-14-5-7-15(8-6-14)10-16(20-18)17-13(3)9-12(2)11-19-17/h5-9,11,16,20H,4,10,18H2,1-3H3. The van der Waals surface area contributed by atoms with Crippen LogP contribution >= 0.6 is 0 Å². The van der Waals surface area contributed by atoms with Crippen molar-refractivity contribution in [2.45, 2.75) is 39.7 Å². The van der Waals surface area contributed by atoms with Crippen molar-refractivity contribution in [3.05, 3.63) is 64.5 Å². The SMILES string of the molecule is CCc1ccc(CC(NN)c2ncc(C)cc2C)cc1. The van der Waals surface area contributed by atoms with Crippen molar-refractivity contribution in [3.63, 3.8) is 0 Å². The molecule has 0 saturated carbocycles. The van der Waals surface area contributed by atoms with Gasteiger partial charge < -0.3 is 0 Å². The molecule has 1 aromatic heterocycles. The van der Waals surface area contributed by atoms with Crippen LogP contribution in [0.4, 0.5) is 0 Å². The molecule has 2 rings (SSSR count). The van der Waals surface area contributed by atoms with Crippen LogP contribution in [0, 0.1) is 13.8 Å². The lowest BCUT2D eigenvalue weighted by Crippen LogP contribution is -2.30. The number of hydrogen-bond acceptors (Lipinski definition) is 3. The molecule has 3 heteroatoms. The van der Waals surface area contributed by atoms with Crippen LogP contribution in [0.5, 0.6) is 0 Å². The van der Waals surface area contributed by atoms with Crippen molar-refractivity contribution in [1.82, 2.24) is 10.4 Å². The maximum Gasteiger partial charge on any atom is 0.0675 e. The topological polar surface area (TPSA) is 50.9 Å². The first kappa shape index (κ1) is 14.7. The van der Waals surface area contributed by atoms with Crippen molar-refractivity contribution >= 4 is 0 Å². The van der Waals surface area contributed by atoms with Crippen LogP contribution in [-0.2, 0) is 12.8 Å². The number of hydrazine groups is 1. The van der Waals surface area contributed by atoms with Crippen LogP contribution in [0.25, 0.3) is 0 Å². The Bertz CT molecular complexity index is 561. The second kappa shape index (κ2) is 6.64. The third-order valence-electron chi connectivity index (χ3n) is 3.66. The van der Waals surface area contributed by atoms with Gasteiger partial charge in [0, 0.05) is 6.20 Å². The number of hydrogen-bond donors (Lipinski definition) is 2. The molecule has 1 aromatic carbocycles. The van der Waals surface area contributed by atoms with Gasteiger partial charge in [-0.25, -0.2) is 0 Å². The fourth-order valence-corrected chi connectivity index (χ4v) is 2.47. The number of benzene rings is 1. The Hall–Kier alpha value is -1.71. The molecule has 3 N–H and O–H groups in total. The van der Waals surface area contributed by atoms with E-state index < -0.39 is 0 Å². The largest absolute Gasteiger partial charge is 0.271 e. The summed E-state index contributed by atoms with van der Waals surface area (Å²) in [5.74, 6) is 5.73. The first-order chi connectivity index (χ1) is 9.63. The summed E-state index contributed by atoms with van der Waals surface area (Å²) in [5.41, 5.74) is 8.90. The Morgan fingerprint density at radius 2 is 1.80 bits per heavy atom. The average Bonchev–Trinajstić information content (AvgIpc) is 2.46. The fraction of sp³-hybridized carbons (Fsp3) is 0.353. The van der Waals surface area contributed by atoms with E-state index in [4.69, 9.17) is 5.84 Å². The lowest BCUT2D eigenvalue weighted by atomic mass is 9.99. The summed E-state index contributed by atoms with van der Waals surface area (Å²) in [5, 5.41) is 0. The average molecular weight is 269 g/mol. The molecular weight excluding hydrogens is 246 g/mol. The Labute approximate surface area is 121 Å². The van der Waals surface area contributed by atoms with Crippen LogP contribution in [0.2, 0.25) is 0 Å². The first-order valence-electron chi connectivity index (χ1n) is 7.11. The van der Waals surface area contributed by atoms with Gasteiger partial charge in [-0.2, -0.15) is 0 Å². The van der Waals surface area contributed by atoms with E-state index in [1.54, 1.807) is 0 Å². The van der Waals surface area contributed by atoms with E-state index in [0.29, 0.717) is 0 Å². The Balaban J connectivity index is 2.19. The summed E-state index contributed by atoms with van der Waals surface area (Å²) in [6, 6.07) is 10.9. The van der Waals surface area contributed by atoms with Gasteiger partial charge >= 0.3 is 0 Å². The molecular formula is C17H23N3. The number of aryl methyl sites for hydroxylation is 3. The summed E-state index contributed by atoms with van der Waals surface area (Å²) in [6.45, 7) is 6.30. The number of nitrogens with one attached hydrogen (secondary N) is 1. The summed E-state index contributed by atoms with van der Waals surface area (Å²) < 4.78 is 0. The van der Waals surface area contributed by atoms with E-state index in [2.05, 4.69) is 61.5 Å². The second-order valence-electron chi connectivity index (χ2n) is 5.31. The lowest BCUT2D eigenvalue weighted by molar-refractivity contribution is 0.535. The molecule has 1 heterocycles. The maximum atomic E-state index is 5.73. The van der Waals surface area contributed by atoms with Gasteiger partial charge in [-0.15, -0.1) is 0 Å². The number of rotatable bonds is 5. The Morgan fingerprint density at radius 1 is 1.15 bits per heavy atom. The van der Waals surface area contributed by atoms with E-state index in [0.717, 1.165) is 18.5 Å². The van der Waals surface area contributed by atoms with Crippen molar-refractivity contribution in [3.8, 4) is 0 Å². The highest BCUT2D eigenvalue weighted by Crippen LogP contribution is 2.20. The zero-order chi connectivity index (χ0) is 14.5. The minimum Gasteiger partial charge on any atom is -0.271 e. The van der Waals surface area contributed by atoms with Crippen molar-refractivity contribution < 1.29 is 0 Å². The van der Waals surface area contributed by atoms with Gasteiger partial charge in [0.15, 0.2) is 0 Å². The zero-order valence-electron chi connectivity index (χ0n) is 12.5. The van der Waals surface area contributed by atoms with Crippen LogP contribution in [0.15, 0.2) is 36.5 Å². The monoisotopic (exact) mass is 269 g/mol. The smallest absolute Gasteiger partial charge is 0.0675 e. The fourth-order valence-electron chi connectivity index (χ4n) is 2.47. The summed E-state index contributed by atoms with van der Waals surface area (Å²) in [7, 11) is 0. The van der Waals surface area contributed by atoms with Crippen molar-refractivity contribution in [2.24, 2.45) is 5.84 Å². The van der Waals surface area contributed by atoms with Crippen LogP contribution in [0.3, 0.4) is 0 Å². The van der Waals surface area contributed by atoms with Gasteiger partial charge in [0.25, 0.3) is 0 Å². The van der Waals surface area contributed by atoms with Crippen molar-refractivity contribution in [2.75, 3.05) is 0 Å². The minimum atomic E-state index is 0.0445. The van der Waals surface area contributed by atoms with E-state index in [1.165, 1.54) is 22.3 Å². The second-order valence-corrected chi connectivity index (χ2v) is 5.31. The quantitative estimate of drug-likeness (QED) is 0.648. The van der Waals surface area contributed by atoms with Gasteiger partial charge in [0.2, 0.25) is 0 Å². The number of nitrogens with zero attached hydrogens (tertiary/aromatic N) is 1. The normalized spacial score (nSPS) is 12.4. The van der Waals surface area contributed by atoms with E-state index in [9.17, 15) is 0 Å². The van der Waals surface area contributed by atoms with E-state index in [-0.39, 0.29) is 6.04 Å². The number of pyridine rings is 1. The molecule has 1 atom stereocenters. The molecule has 1 unspecified atom stereocenters. The lowest BCUT2D eigenvalue weighted by Gasteiger charge is -2.18. The Morgan fingerprint density at radius 3 is 2.35 bits per heavy atom. The van der Waals surface area contributed by atoms with E-state index in [1.807, 2.05) is 6.20 Å². The van der Waals surface area contributed by atoms with Gasteiger partial charge in [-0.1, -0.05) is 37.3 Å². The third-order valence-corrected chi connectivity index (χ3v) is 3.66. The molecule has 0 aliphatic rings. The number of aromatic nitrogens is 1. The molecule has 0 fully saturated rings. The van der Waals surface area contributed by atoms with E-state index >= 15 is 0 Å². The maximum absolute atomic E-state index is 5.73. The zero-order valence-corrected chi connectivity index (χ0v) is 12.5. The van der Waals surface area contributed by atoms with Gasteiger partial charge in [0.1, 0.15) is 0 Å². The summed E-state index contributed by atoms with van der Waals surface area (Å²) >= 11 is 0. The summed E-state index contributed by atoms with van der Waals surface area (Å²) in [4.78, 5) is 4.54. The molecule has 0 aliphatic carbocycles. The predicted molar refractivity (Wildman–Crippen MR) is 83.3 cm³/mol. The molecule has 0 amide bonds. The van der Waals surface area contributed by atoms with Crippen LogP contribution in [-0.4, -0.2) is 4.98 Å². The predicted octanol–water partition coefficient (Wildman–Crippen LogP) is 3.01. The van der Waals surface area contributed by atoms with Gasteiger partial charge in [-0.05, 0) is 48.9 Å². The molecule has 2 aromatic rings. The highest BCUT2D eigenvalue weighted by atomic mass is 15.2. The Kier molecular flexibility index (Phi) is 4.88. The van der Waals surface area contributed by atoms with Gasteiger partial charge in [0.05, 0.1) is 11.7 Å². The highest BCUT2D eigenvalue weighted by Gasteiger charge is 2.14. The summed E-state index contributed by atoms with van der Waals surface area (Å²) in [6.07, 6.45) is 3.81. The molecule has 0 saturated heterocycles. The van der Waals surface area contributed by atoms with Crippen LogP contribution < -0.4 is 11.3 Å². The first-order valence-corrected chi connectivity index (χ1v) is 7.11. The molecule has 0 aliphatic heterocycles. The molecule has 106 valence electrons. The molecule has 0 radical (unpaired) electrons. The molecule has 0 spiro atoms. The van der Waals surface area contributed by atoms with Crippen LogP contribution in [0.1, 0.15) is 40.9 Å². The molecule has 20 heavy (non-hydrogen) atoms. The minimum absolute atomic E-state index is 0.0445. The van der Waals surface area contributed by atoms with Crippen molar-refractivity contribution in [1.29, 1.82) is 0 Å². The molecule has 0 bridgehead atoms. The molecule has 3 nitrogen and oxygen atoms in total. The highest BCUT2D eigenvalue weighted by molar-refractivity contribution is 5.29. The number of nitrogens with two attached hydrogens (primary N) is 1. The third kappa shape index (κ3) is 3.44.